The molecule has 2 N–H and O–H groups in total. The van der Waals surface area contributed by atoms with Gasteiger partial charge in [-0.2, -0.15) is 4.98 Å². The molecule has 24 heavy (non-hydrogen) atoms. The number of urea groups is 1. The first-order valence-corrected chi connectivity index (χ1v) is 7.12. The van der Waals surface area contributed by atoms with E-state index in [2.05, 4.69) is 25.8 Å². The van der Waals surface area contributed by atoms with Gasteiger partial charge >= 0.3 is 6.03 Å². The Morgan fingerprint density at radius 2 is 2.21 bits per heavy atom. The van der Waals surface area contributed by atoms with Crippen LogP contribution in [-0.4, -0.2) is 51.0 Å². The molecule has 10 heteroatoms. The third-order valence-electron chi connectivity index (χ3n) is 3.40. The monoisotopic (exact) mass is 330 g/mol. The first-order valence-electron chi connectivity index (χ1n) is 7.12. The van der Waals surface area contributed by atoms with E-state index in [1.807, 2.05) is 0 Å². The number of hydrogen-bond donors (Lipinski definition) is 2. The third-order valence-corrected chi connectivity index (χ3v) is 3.40. The summed E-state index contributed by atoms with van der Waals surface area (Å²) in [6.45, 7) is 0.0843. The van der Waals surface area contributed by atoms with E-state index in [0.717, 1.165) is 0 Å². The van der Waals surface area contributed by atoms with Gasteiger partial charge in [-0.15, -0.1) is 0 Å². The molecule has 3 heterocycles. The molecule has 0 unspecified atom stereocenters. The SMILES string of the molecule is CN(Cc1nc(-c2ccccn2)no1)C(=O)C[C@H]1NC(=O)NC1=O. The number of rotatable bonds is 5. The lowest BCUT2D eigenvalue weighted by Crippen LogP contribution is -2.37. The number of carbonyl (C=O) groups excluding carboxylic acids is 3. The molecule has 1 fully saturated rings. The van der Waals surface area contributed by atoms with E-state index in [4.69, 9.17) is 4.52 Å². The Morgan fingerprint density at radius 1 is 1.38 bits per heavy atom. The Bertz CT molecular complexity index is 775. The molecule has 1 atom stereocenters. The molecule has 0 saturated carbocycles. The predicted octanol–water partition coefficient (Wildman–Crippen LogP) is -0.312. The number of aromatic nitrogens is 3. The van der Waals surface area contributed by atoms with Crippen LogP contribution in [0.15, 0.2) is 28.9 Å². The molecular formula is C14H14N6O4. The topological polar surface area (TPSA) is 130 Å². The van der Waals surface area contributed by atoms with Crippen LogP contribution < -0.4 is 10.6 Å². The molecule has 4 amide bonds. The lowest BCUT2D eigenvalue weighted by Gasteiger charge is -2.16. The fourth-order valence-corrected chi connectivity index (χ4v) is 2.14. The molecule has 10 nitrogen and oxygen atoms in total. The van der Waals surface area contributed by atoms with Gasteiger partial charge < -0.3 is 14.7 Å². The lowest BCUT2D eigenvalue weighted by molar-refractivity contribution is -0.133. The number of nitrogens with zero attached hydrogens (tertiary/aromatic N) is 4. The van der Waals surface area contributed by atoms with E-state index in [1.54, 1.807) is 31.4 Å². The number of nitrogens with one attached hydrogen (secondary N) is 2. The van der Waals surface area contributed by atoms with E-state index < -0.39 is 18.0 Å². The van der Waals surface area contributed by atoms with Gasteiger partial charge in [0.1, 0.15) is 11.7 Å². The molecule has 0 spiro atoms. The van der Waals surface area contributed by atoms with Crippen LogP contribution in [0.3, 0.4) is 0 Å². The quantitative estimate of drug-likeness (QED) is 0.719. The van der Waals surface area contributed by atoms with Crippen molar-refractivity contribution in [2.75, 3.05) is 7.05 Å². The maximum atomic E-state index is 12.1. The van der Waals surface area contributed by atoms with Gasteiger partial charge in [0.2, 0.25) is 17.6 Å². The third kappa shape index (κ3) is 3.37. The molecule has 0 aromatic carbocycles. The van der Waals surface area contributed by atoms with E-state index in [0.29, 0.717) is 11.5 Å². The maximum absolute atomic E-state index is 12.1. The van der Waals surface area contributed by atoms with Gasteiger partial charge in [-0.1, -0.05) is 11.2 Å². The molecular weight excluding hydrogens is 316 g/mol. The van der Waals surface area contributed by atoms with E-state index in [9.17, 15) is 14.4 Å². The van der Waals surface area contributed by atoms with Crippen LogP contribution in [0, 0.1) is 0 Å². The number of hydrogen-bond acceptors (Lipinski definition) is 7. The van der Waals surface area contributed by atoms with Crippen LogP contribution in [0.2, 0.25) is 0 Å². The largest absolute Gasteiger partial charge is 0.337 e. The van der Waals surface area contributed by atoms with Crippen molar-refractivity contribution >= 4 is 17.8 Å². The number of amides is 4. The first-order chi connectivity index (χ1) is 11.5. The molecule has 0 bridgehead atoms. The van der Waals surface area contributed by atoms with E-state index in [1.165, 1.54) is 4.90 Å². The zero-order valence-corrected chi connectivity index (χ0v) is 12.7. The van der Waals surface area contributed by atoms with Crippen LogP contribution in [-0.2, 0) is 16.1 Å². The summed E-state index contributed by atoms with van der Waals surface area (Å²) in [6, 6.07) is 3.85. The zero-order valence-electron chi connectivity index (χ0n) is 12.7. The van der Waals surface area contributed by atoms with Gasteiger partial charge in [0.15, 0.2) is 0 Å². The molecule has 1 aliphatic rings. The summed E-state index contributed by atoms with van der Waals surface area (Å²) >= 11 is 0. The Balaban J connectivity index is 1.59. The molecule has 2 aromatic rings. The average Bonchev–Trinajstić information content (AvgIpc) is 3.15. The van der Waals surface area contributed by atoms with Gasteiger partial charge in [-0.05, 0) is 12.1 Å². The number of carbonyl (C=O) groups is 3. The minimum atomic E-state index is -0.862. The summed E-state index contributed by atoms with van der Waals surface area (Å²) in [5.41, 5.74) is 0.562. The van der Waals surface area contributed by atoms with Gasteiger partial charge in [0.25, 0.3) is 5.91 Å². The summed E-state index contributed by atoms with van der Waals surface area (Å²) in [5, 5.41) is 8.26. The van der Waals surface area contributed by atoms with Crippen molar-refractivity contribution in [1.82, 2.24) is 30.7 Å². The minimum Gasteiger partial charge on any atom is -0.337 e. The second-order valence-electron chi connectivity index (χ2n) is 5.20. The highest BCUT2D eigenvalue weighted by Gasteiger charge is 2.32. The van der Waals surface area contributed by atoms with E-state index >= 15 is 0 Å². The van der Waals surface area contributed by atoms with Gasteiger partial charge in [0.05, 0.1) is 13.0 Å². The Morgan fingerprint density at radius 3 is 2.88 bits per heavy atom. The van der Waals surface area contributed by atoms with Gasteiger partial charge in [-0.25, -0.2) is 4.79 Å². The molecule has 3 rings (SSSR count). The maximum Gasteiger partial charge on any atom is 0.322 e. The van der Waals surface area contributed by atoms with E-state index in [-0.39, 0.29) is 24.8 Å². The van der Waals surface area contributed by atoms with Crippen LogP contribution in [0.4, 0.5) is 4.79 Å². The second kappa shape index (κ2) is 6.44. The Labute approximate surface area is 136 Å². The molecule has 2 aromatic heterocycles. The number of imide groups is 1. The van der Waals surface area contributed by atoms with Gasteiger partial charge in [-0.3, -0.25) is 19.9 Å². The molecule has 0 radical (unpaired) electrons. The zero-order chi connectivity index (χ0) is 17.1. The van der Waals surface area contributed by atoms with Crippen molar-refractivity contribution in [3.05, 3.63) is 30.3 Å². The summed E-state index contributed by atoms with van der Waals surface area (Å²) in [7, 11) is 1.54. The highest BCUT2D eigenvalue weighted by molar-refractivity contribution is 6.05. The van der Waals surface area contributed by atoms with Crippen molar-refractivity contribution in [2.24, 2.45) is 0 Å². The fourth-order valence-electron chi connectivity index (χ4n) is 2.14. The summed E-state index contributed by atoms with van der Waals surface area (Å²) in [5.74, 6) is -0.285. The first kappa shape index (κ1) is 15.6. The van der Waals surface area contributed by atoms with Crippen LogP contribution in [0.1, 0.15) is 12.3 Å². The predicted molar refractivity (Wildman–Crippen MR) is 79.1 cm³/mol. The molecule has 1 aliphatic heterocycles. The Hall–Kier alpha value is -3.30. The van der Waals surface area contributed by atoms with Crippen molar-refractivity contribution in [1.29, 1.82) is 0 Å². The average molecular weight is 330 g/mol. The Kier molecular flexibility index (Phi) is 4.18. The lowest BCUT2D eigenvalue weighted by atomic mass is 10.2. The highest BCUT2D eigenvalue weighted by Crippen LogP contribution is 2.13. The summed E-state index contributed by atoms with van der Waals surface area (Å²) in [4.78, 5) is 44.2. The second-order valence-corrected chi connectivity index (χ2v) is 5.20. The summed E-state index contributed by atoms with van der Waals surface area (Å²) in [6.07, 6.45) is 1.47. The van der Waals surface area contributed by atoms with Gasteiger partial charge in [0, 0.05) is 13.2 Å². The smallest absolute Gasteiger partial charge is 0.322 e. The summed E-state index contributed by atoms with van der Waals surface area (Å²) < 4.78 is 5.10. The van der Waals surface area contributed by atoms with Crippen LogP contribution >= 0.6 is 0 Å². The van der Waals surface area contributed by atoms with Crippen molar-refractivity contribution < 1.29 is 18.9 Å². The van der Waals surface area contributed by atoms with Crippen LogP contribution in [0.5, 0.6) is 0 Å². The molecule has 124 valence electrons. The highest BCUT2D eigenvalue weighted by atomic mass is 16.5. The van der Waals surface area contributed by atoms with Crippen molar-refractivity contribution in [3.63, 3.8) is 0 Å². The van der Waals surface area contributed by atoms with Crippen molar-refractivity contribution in [2.45, 2.75) is 19.0 Å². The van der Waals surface area contributed by atoms with Crippen LogP contribution in [0.25, 0.3) is 11.5 Å². The molecule has 1 saturated heterocycles. The van der Waals surface area contributed by atoms with Crippen molar-refractivity contribution in [3.8, 4) is 11.5 Å². The minimum absolute atomic E-state index is 0.0843. The standard InChI is InChI=1S/C14H14N6O4/c1-20(11(21)6-9-13(22)18-14(23)16-9)7-10-17-12(19-24-10)8-4-2-3-5-15-8/h2-5,9H,6-7H2,1H3,(H2,16,18,22,23)/t9-/m1/s1. The molecule has 0 aliphatic carbocycles. The normalized spacial score (nSPS) is 16.6. The fraction of sp³-hybridized carbons (Fsp3) is 0.286. The number of pyridine rings is 1.